The van der Waals surface area contributed by atoms with E-state index in [0.717, 1.165) is 10.8 Å². The van der Waals surface area contributed by atoms with Crippen LogP contribution in [0.2, 0.25) is 0 Å². The van der Waals surface area contributed by atoms with E-state index in [9.17, 15) is 14.7 Å². The number of nitrogens with one attached hydrogen (secondary N) is 1. The number of ketones is 1. The zero-order valence-electron chi connectivity index (χ0n) is 12.3. The number of carbonyl (C=O) groups is 1. The van der Waals surface area contributed by atoms with E-state index in [2.05, 4.69) is 9.97 Å². The van der Waals surface area contributed by atoms with Gasteiger partial charge in [-0.15, -0.1) is 0 Å². The third-order valence-electron chi connectivity index (χ3n) is 4.50. The summed E-state index contributed by atoms with van der Waals surface area (Å²) in [6.45, 7) is 0. The highest BCUT2D eigenvalue weighted by molar-refractivity contribution is 6.19. The van der Waals surface area contributed by atoms with E-state index < -0.39 is 5.69 Å². The zero-order valence-corrected chi connectivity index (χ0v) is 12.3. The highest BCUT2D eigenvalue weighted by atomic mass is 16.3. The maximum Gasteiger partial charge on any atom is 0.345 e. The van der Waals surface area contributed by atoms with Crippen LogP contribution in [0.4, 0.5) is 0 Å². The summed E-state index contributed by atoms with van der Waals surface area (Å²) in [5.74, 6) is -0.200. The molecule has 5 heteroatoms. The molecule has 0 unspecified atom stereocenters. The number of aliphatic hydroxyl groups excluding tert-OH is 1. The van der Waals surface area contributed by atoms with E-state index in [0.29, 0.717) is 32.9 Å². The molecule has 4 aromatic rings. The SMILES string of the molecule is O=C1c2ccccc2C(O)=c2c1cc1cccc3[nH]c(=O)nc2c13. The van der Waals surface area contributed by atoms with Gasteiger partial charge >= 0.3 is 5.69 Å². The number of fused-ring (bicyclic) bond motifs is 3. The molecule has 1 aliphatic rings. The molecule has 0 fully saturated rings. The van der Waals surface area contributed by atoms with Gasteiger partial charge in [-0.1, -0.05) is 36.4 Å². The average Bonchev–Trinajstić information content (AvgIpc) is 2.59. The number of aliphatic hydroxyl groups is 1. The minimum atomic E-state index is -0.512. The second kappa shape index (κ2) is 4.29. The smallest absolute Gasteiger partial charge is 0.345 e. The van der Waals surface area contributed by atoms with Gasteiger partial charge in [-0.05, 0) is 17.5 Å². The predicted octanol–water partition coefficient (Wildman–Crippen LogP) is 2.05. The van der Waals surface area contributed by atoms with Crippen molar-refractivity contribution in [1.82, 2.24) is 9.97 Å². The predicted molar refractivity (Wildman–Crippen MR) is 90.1 cm³/mol. The molecule has 1 aromatic heterocycles. The first-order valence-electron chi connectivity index (χ1n) is 7.48. The molecule has 5 nitrogen and oxygen atoms in total. The summed E-state index contributed by atoms with van der Waals surface area (Å²) in [5.41, 5.74) is 1.74. The summed E-state index contributed by atoms with van der Waals surface area (Å²) in [6, 6.07) is 14.1. The molecule has 0 aliphatic heterocycles. The Labute approximate surface area is 134 Å². The first-order valence-corrected chi connectivity index (χ1v) is 7.48. The van der Waals surface area contributed by atoms with Crippen LogP contribution in [0, 0.1) is 0 Å². The van der Waals surface area contributed by atoms with Crippen molar-refractivity contribution in [1.29, 1.82) is 0 Å². The number of carbonyl (C=O) groups excluding carboxylic acids is 1. The van der Waals surface area contributed by atoms with Gasteiger partial charge in [0.2, 0.25) is 0 Å². The van der Waals surface area contributed by atoms with Gasteiger partial charge in [0, 0.05) is 22.1 Å². The first kappa shape index (κ1) is 13.0. The van der Waals surface area contributed by atoms with Crippen molar-refractivity contribution in [2.24, 2.45) is 0 Å². The Morgan fingerprint density at radius 1 is 0.917 bits per heavy atom. The molecule has 5 rings (SSSR count). The molecular weight excluding hydrogens is 304 g/mol. The number of hydrogen-bond acceptors (Lipinski definition) is 4. The molecule has 1 heterocycles. The van der Waals surface area contributed by atoms with Gasteiger partial charge in [0.15, 0.2) is 5.78 Å². The summed E-state index contributed by atoms with van der Waals surface area (Å²) < 4.78 is 0. The molecule has 0 radical (unpaired) electrons. The van der Waals surface area contributed by atoms with E-state index in [4.69, 9.17) is 0 Å². The van der Waals surface area contributed by atoms with Crippen molar-refractivity contribution in [3.8, 4) is 0 Å². The highest BCUT2D eigenvalue weighted by Gasteiger charge is 2.26. The molecule has 0 saturated heterocycles. The van der Waals surface area contributed by atoms with Crippen molar-refractivity contribution in [3.05, 3.63) is 80.9 Å². The molecule has 0 saturated carbocycles. The molecule has 0 amide bonds. The minimum absolute atomic E-state index is 0.0228. The van der Waals surface area contributed by atoms with Gasteiger partial charge in [-0.25, -0.2) is 4.79 Å². The normalized spacial score (nSPS) is 13.3. The lowest BCUT2D eigenvalue weighted by molar-refractivity contribution is 0.103. The summed E-state index contributed by atoms with van der Waals surface area (Å²) in [7, 11) is 0. The van der Waals surface area contributed by atoms with Crippen LogP contribution >= 0.6 is 0 Å². The van der Waals surface area contributed by atoms with E-state index in [1.54, 1.807) is 36.4 Å². The summed E-state index contributed by atoms with van der Waals surface area (Å²) >= 11 is 0. The third kappa shape index (κ3) is 1.50. The maximum absolute atomic E-state index is 12.9. The quantitative estimate of drug-likeness (QED) is 0.520. The molecular formula is C19H10N2O3. The van der Waals surface area contributed by atoms with Gasteiger partial charge in [-0.3, -0.25) is 4.79 Å². The fraction of sp³-hybridized carbons (Fsp3) is 0. The van der Waals surface area contributed by atoms with Crippen molar-refractivity contribution in [2.75, 3.05) is 0 Å². The van der Waals surface area contributed by atoms with Crippen molar-refractivity contribution in [3.63, 3.8) is 0 Å². The van der Waals surface area contributed by atoms with E-state index in [-0.39, 0.29) is 11.5 Å². The van der Waals surface area contributed by atoms with Crippen LogP contribution in [-0.4, -0.2) is 20.9 Å². The van der Waals surface area contributed by atoms with Gasteiger partial charge in [0.25, 0.3) is 0 Å². The number of aromatic amines is 1. The number of nitrogens with zero attached hydrogens (tertiary/aromatic N) is 1. The lowest BCUT2D eigenvalue weighted by Gasteiger charge is -2.17. The van der Waals surface area contributed by atoms with Gasteiger partial charge in [0.05, 0.1) is 16.3 Å². The van der Waals surface area contributed by atoms with Crippen molar-refractivity contribution < 1.29 is 9.90 Å². The van der Waals surface area contributed by atoms with Crippen LogP contribution in [0.1, 0.15) is 21.5 Å². The molecule has 0 bridgehead atoms. The molecule has 3 aromatic carbocycles. The van der Waals surface area contributed by atoms with Crippen LogP contribution in [0.3, 0.4) is 0 Å². The Morgan fingerprint density at radius 2 is 1.71 bits per heavy atom. The van der Waals surface area contributed by atoms with Crippen molar-refractivity contribution >= 4 is 33.3 Å². The maximum atomic E-state index is 12.9. The third-order valence-corrected chi connectivity index (χ3v) is 4.50. The second-order valence-electron chi connectivity index (χ2n) is 5.82. The summed E-state index contributed by atoms with van der Waals surface area (Å²) in [4.78, 5) is 31.6. The number of rotatable bonds is 0. The van der Waals surface area contributed by atoms with Crippen LogP contribution in [0.5, 0.6) is 0 Å². The summed E-state index contributed by atoms with van der Waals surface area (Å²) in [6.07, 6.45) is 0. The Bertz CT molecular complexity index is 1300. The largest absolute Gasteiger partial charge is 0.507 e. The highest BCUT2D eigenvalue weighted by Crippen LogP contribution is 2.28. The Balaban J connectivity index is 2.15. The second-order valence-corrected chi connectivity index (χ2v) is 5.82. The molecule has 24 heavy (non-hydrogen) atoms. The lowest BCUT2D eigenvalue weighted by atomic mass is 9.87. The van der Waals surface area contributed by atoms with E-state index in [1.165, 1.54) is 0 Å². The first-order chi connectivity index (χ1) is 11.6. The number of benzene rings is 3. The molecule has 0 atom stereocenters. The number of H-pyrrole nitrogens is 1. The molecule has 1 aliphatic carbocycles. The Kier molecular flexibility index (Phi) is 2.33. The fourth-order valence-corrected chi connectivity index (χ4v) is 3.48. The monoisotopic (exact) mass is 314 g/mol. The van der Waals surface area contributed by atoms with Crippen LogP contribution in [0.25, 0.3) is 27.6 Å². The van der Waals surface area contributed by atoms with E-state index in [1.807, 2.05) is 12.1 Å². The molecule has 114 valence electrons. The standard InChI is InChI=1S/C19H10N2O3/c22-17-10-5-1-2-6-11(10)18(23)15-12(17)8-9-4-3-7-13-14(9)16(15)21-19(24)20-13/h1-8,23H,(H,20,21,24). The summed E-state index contributed by atoms with van der Waals surface area (Å²) in [5, 5.41) is 12.6. The van der Waals surface area contributed by atoms with Gasteiger partial charge in [0.1, 0.15) is 5.76 Å². The number of aromatic nitrogens is 2. The van der Waals surface area contributed by atoms with Gasteiger partial charge in [-0.2, -0.15) is 4.98 Å². The van der Waals surface area contributed by atoms with E-state index >= 15 is 0 Å². The topological polar surface area (TPSA) is 83.0 Å². The van der Waals surface area contributed by atoms with Gasteiger partial charge < -0.3 is 10.1 Å². The Morgan fingerprint density at radius 3 is 2.54 bits per heavy atom. The minimum Gasteiger partial charge on any atom is -0.507 e. The zero-order chi connectivity index (χ0) is 16.4. The Hall–Kier alpha value is -3.47. The lowest BCUT2D eigenvalue weighted by Crippen LogP contribution is -2.28. The average molecular weight is 314 g/mol. The van der Waals surface area contributed by atoms with Crippen LogP contribution in [-0.2, 0) is 0 Å². The number of hydrogen-bond donors (Lipinski definition) is 2. The van der Waals surface area contributed by atoms with Crippen LogP contribution in [0.15, 0.2) is 53.3 Å². The fourth-order valence-electron chi connectivity index (χ4n) is 3.48. The molecule has 2 N–H and O–H groups in total. The van der Waals surface area contributed by atoms with Crippen LogP contribution < -0.4 is 10.9 Å². The van der Waals surface area contributed by atoms with Crippen molar-refractivity contribution in [2.45, 2.75) is 0 Å². The molecule has 0 spiro atoms.